The molecule has 0 unspecified atom stereocenters. The minimum Gasteiger partial charge on any atom is -0.868 e. The number of benzene rings is 8. The maximum absolute atomic E-state index is 13.3. The molecule has 9 heteroatoms. The van der Waals surface area contributed by atoms with Crippen LogP contribution in [0.15, 0.2) is 176 Å². The normalized spacial score (nSPS) is 11.2. The van der Waals surface area contributed by atoms with Crippen molar-refractivity contribution in [3.8, 4) is 67.9 Å². The maximum Gasteiger partial charge on any atom is 1.00 e. The summed E-state index contributed by atoms with van der Waals surface area (Å²) in [6.45, 7) is 0. The Kier molecular flexibility index (Phi) is 10.1. The molecule has 0 aliphatic carbocycles. The summed E-state index contributed by atoms with van der Waals surface area (Å²) in [5, 5.41) is 34.1. The molecule has 0 radical (unpaired) electrons. The van der Waals surface area contributed by atoms with Crippen molar-refractivity contribution in [1.82, 2.24) is 15.0 Å². The van der Waals surface area contributed by atoms with Crippen LogP contribution in [0.4, 0.5) is 0 Å². The predicted molar refractivity (Wildman–Crippen MR) is 227 cm³/mol. The average Bonchev–Trinajstić information content (AvgIpc) is 3.29. The Hall–Kier alpha value is -6.84. The summed E-state index contributed by atoms with van der Waals surface area (Å²) in [6.07, 6.45) is 3.58. The fraction of sp³-hybridized carbons (Fsp3) is 0. The summed E-state index contributed by atoms with van der Waals surface area (Å²) in [5.74, 6) is 1.59. The van der Waals surface area contributed by atoms with Gasteiger partial charge in [-0.1, -0.05) is 140 Å². The van der Waals surface area contributed by atoms with Gasteiger partial charge in [0, 0.05) is 28.8 Å². The third-order valence-corrected chi connectivity index (χ3v) is 11.1. The summed E-state index contributed by atoms with van der Waals surface area (Å²) >= 11 is 0. The van der Waals surface area contributed by atoms with Crippen molar-refractivity contribution in [3.05, 3.63) is 176 Å². The van der Waals surface area contributed by atoms with Gasteiger partial charge in [-0.05, 0) is 78.2 Å². The molecule has 8 aromatic carbocycles. The SMILES string of the molecule is [Li+].[Li+].[O-]c1ccc(-c2c3ccccc3c(-c3ccc([O-])c4[nH+]cccc34)c3c2ccc2c(-c4nc(-c5ccccc5)nc(-c5ccccc5)n4)cccc23)c2ccc[nH+]c12. The Labute approximate surface area is 368 Å². The molecule has 0 spiro atoms. The number of nitrogens with one attached hydrogen (secondary N) is 2. The molecule has 0 saturated carbocycles. The average molecular weight is 760 g/mol. The van der Waals surface area contributed by atoms with Gasteiger partial charge in [0.2, 0.25) is 11.0 Å². The molecule has 0 aliphatic heterocycles. The van der Waals surface area contributed by atoms with Crippen LogP contribution in [0, 0.1) is 0 Å². The first kappa shape index (κ1) is 38.7. The van der Waals surface area contributed by atoms with Crippen molar-refractivity contribution in [2.24, 2.45) is 0 Å². The molecule has 3 aromatic heterocycles. The topological polar surface area (TPSA) is 113 Å². The van der Waals surface area contributed by atoms with E-state index in [1.54, 1.807) is 24.5 Å². The third-order valence-electron chi connectivity index (χ3n) is 11.1. The summed E-state index contributed by atoms with van der Waals surface area (Å²) in [6, 6.07) is 54.1. The first-order chi connectivity index (χ1) is 28.6. The van der Waals surface area contributed by atoms with E-state index in [2.05, 4.69) is 64.6 Å². The number of rotatable bonds is 5. The molecule has 60 heavy (non-hydrogen) atoms. The third kappa shape index (κ3) is 6.28. The Morgan fingerprint density at radius 1 is 0.333 bits per heavy atom. The van der Waals surface area contributed by atoms with Crippen LogP contribution in [-0.2, 0) is 0 Å². The quantitative estimate of drug-likeness (QED) is 0.151. The number of hydrogen-bond acceptors (Lipinski definition) is 5. The van der Waals surface area contributed by atoms with Gasteiger partial charge in [-0.15, -0.1) is 0 Å². The van der Waals surface area contributed by atoms with Gasteiger partial charge in [0.05, 0.1) is 10.8 Å². The van der Waals surface area contributed by atoms with Gasteiger partial charge in [-0.25, -0.2) is 24.9 Å². The van der Waals surface area contributed by atoms with Gasteiger partial charge < -0.3 is 10.2 Å². The van der Waals surface area contributed by atoms with Crippen molar-refractivity contribution in [1.29, 1.82) is 0 Å². The Balaban J connectivity index is 0.00000231. The van der Waals surface area contributed by atoms with Crippen LogP contribution < -0.4 is 57.9 Å². The van der Waals surface area contributed by atoms with Crippen molar-refractivity contribution in [3.63, 3.8) is 0 Å². The number of aromatic amines is 2. The summed E-state index contributed by atoms with van der Waals surface area (Å²) in [7, 11) is 0. The van der Waals surface area contributed by atoms with E-state index in [1.807, 2.05) is 97.1 Å². The second-order valence-electron chi connectivity index (χ2n) is 14.4. The Morgan fingerprint density at radius 2 is 0.800 bits per heavy atom. The van der Waals surface area contributed by atoms with Crippen LogP contribution in [0.3, 0.4) is 0 Å². The van der Waals surface area contributed by atoms with E-state index in [0.29, 0.717) is 28.5 Å². The minimum absolute atomic E-state index is 0. The van der Waals surface area contributed by atoms with Crippen molar-refractivity contribution < 1.29 is 57.9 Å². The maximum atomic E-state index is 13.3. The Bertz CT molecular complexity index is 3380. The molecule has 11 rings (SSSR count). The number of pyridine rings is 2. The van der Waals surface area contributed by atoms with Crippen LogP contribution in [0.5, 0.6) is 11.5 Å². The number of hydrogen-bond donors (Lipinski definition) is 0. The first-order valence-corrected chi connectivity index (χ1v) is 19.1. The molecule has 0 saturated heterocycles. The Morgan fingerprint density at radius 3 is 1.38 bits per heavy atom. The molecule has 11 aromatic rings. The summed E-state index contributed by atoms with van der Waals surface area (Å²) < 4.78 is 0. The van der Waals surface area contributed by atoms with E-state index in [-0.39, 0.29) is 49.2 Å². The summed E-state index contributed by atoms with van der Waals surface area (Å²) in [5.41, 5.74) is 7.64. The van der Waals surface area contributed by atoms with Crippen LogP contribution in [-0.4, -0.2) is 15.0 Å². The van der Waals surface area contributed by atoms with Crippen molar-refractivity contribution >= 4 is 54.1 Å². The standard InChI is InChI=1S/C51H31N5O2.2Li/c57-42-26-24-36(38-20-10-28-52-47(38)42)44-34-16-7-8-17-35(34)45(37-25-27-43(58)48-39(37)21-11-29-53-48)46-33-18-9-19-40(32(33)22-23-41(44)46)51-55-49(30-12-3-1-4-13-30)54-50(56-51)31-14-5-2-6-15-31;;/h1-29,57-58H;;/q;2*+1. The molecule has 7 nitrogen and oxygen atoms in total. The van der Waals surface area contributed by atoms with Gasteiger partial charge in [-0.3, -0.25) is 0 Å². The zero-order valence-electron chi connectivity index (χ0n) is 32.9. The predicted octanol–water partition coefficient (Wildman–Crippen LogP) is 3.76. The van der Waals surface area contributed by atoms with E-state index in [1.165, 1.54) is 0 Å². The zero-order chi connectivity index (χ0) is 38.7. The van der Waals surface area contributed by atoms with Crippen LogP contribution in [0.1, 0.15) is 0 Å². The smallest absolute Gasteiger partial charge is 0.868 e. The largest absolute Gasteiger partial charge is 1.00 e. The number of fused-ring (bicyclic) bond motifs is 6. The van der Waals surface area contributed by atoms with Crippen molar-refractivity contribution in [2.45, 2.75) is 0 Å². The van der Waals surface area contributed by atoms with E-state index in [9.17, 15) is 10.2 Å². The molecule has 0 aliphatic rings. The fourth-order valence-electron chi connectivity index (χ4n) is 8.56. The molecular formula is C51H31Li2N5O2+2. The number of H-pyrrole nitrogens is 2. The van der Waals surface area contributed by atoms with Crippen LogP contribution >= 0.6 is 0 Å². The minimum atomic E-state index is -0.0737. The number of nitrogens with zero attached hydrogens (tertiary/aromatic N) is 3. The number of aromatic nitrogens is 5. The monoisotopic (exact) mass is 759 g/mol. The van der Waals surface area contributed by atoms with E-state index >= 15 is 0 Å². The molecule has 0 bridgehead atoms. The van der Waals surface area contributed by atoms with Gasteiger partial charge >= 0.3 is 37.7 Å². The van der Waals surface area contributed by atoms with Gasteiger partial charge in [0.1, 0.15) is 0 Å². The van der Waals surface area contributed by atoms with Gasteiger partial charge in [0.25, 0.3) is 0 Å². The van der Waals surface area contributed by atoms with Gasteiger partial charge in [-0.2, -0.15) is 0 Å². The molecular weight excluding hydrogens is 728 g/mol. The van der Waals surface area contributed by atoms with Crippen molar-refractivity contribution in [2.75, 3.05) is 0 Å². The van der Waals surface area contributed by atoms with E-state index < -0.39 is 0 Å². The second-order valence-corrected chi connectivity index (χ2v) is 14.4. The van der Waals surface area contributed by atoms with E-state index in [4.69, 9.17) is 15.0 Å². The molecule has 3 heterocycles. The first-order valence-electron chi connectivity index (χ1n) is 19.1. The zero-order valence-corrected chi connectivity index (χ0v) is 32.9. The van der Waals surface area contributed by atoms with Crippen LogP contribution in [0.2, 0.25) is 0 Å². The second kappa shape index (κ2) is 15.7. The molecule has 0 atom stereocenters. The molecule has 0 amide bonds. The summed E-state index contributed by atoms with van der Waals surface area (Å²) in [4.78, 5) is 21.6. The molecule has 272 valence electrons. The van der Waals surface area contributed by atoms with Gasteiger partial charge in [0.15, 0.2) is 29.9 Å². The fourth-order valence-corrected chi connectivity index (χ4v) is 8.56. The molecule has 2 N–H and O–H groups in total. The molecule has 0 fully saturated rings. The van der Waals surface area contributed by atoms with E-state index in [0.717, 1.165) is 82.0 Å². The van der Waals surface area contributed by atoms with Crippen LogP contribution in [0.25, 0.3) is 111 Å².